The van der Waals surface area contributed by atoms with Crippen LogP contribution in [0.2, 0.25) is 0 Å². The van der Waals surface area contributed by atoms with Crippen molar-refractivity contribution in [2.24, 2.45) is 4.99 Å². The van der Waals surface area contributed by atoms with Crippen LogP contribution >= 0.6 is 24.0 Å². The third-order valence-corrected chi connectivity index (χ3v) is 4.40. The molecule has 1 saturated heterocycles. The third-order valence-electron chi connectivity index (χ3n) is 4.40. The fourth-order valence-corrected chi connectivity index (χ4v) is 2.83. The molecule has 1 aromatic rings. The molecule has 0 aliphatic carbocycles. The van der Waals surface area contributed by atoms with Gasteiger partial charge in [0.1, 0.15) is 0 Å². The molecule has 1 aliphatic rings. The highest BCUT2D eigenvalue weighted by Gasteiger charge is 2.20. The molecular weight excluding hydrogens is 441 g/mol. The molecule has 0 amide bonds. The Morgan fingerprint density at radius 3 is 2.69 bits per heavy atom. The SMILES string of the molecule is CCNC(=NCC(C)(C)c1ccccc1)NCCOCC1CCCO1.I. The van der Waals surface area contributed by atoms with E-state index in [1.165, 1.54) is 5.56 Å². The van der Waals surface area contributed by atoms with Crippen LogP contribution in [0, 0.1) is 0 Å². The highest BCUT2D eigenvalue weighted by Crippen LogP contribution is 2.22. The number of rotatable bonds is 9. The molecule has 1 aromatic carbocycles. The molecular formula is C20H34IN3O2. The number of nitrogens with one attached hydrogen (secondary N) is 2. The summed E-state index contributed by atoms with van der Waals surface area (Å²) in [5.74, 6) is 0.840. The molecule has 1 fully saturated rings. The van der Waals surface area contributed by atoms with Gasteiger partial charge < -0.3 is 20.1 Å². The van der Waals surface area contributed by atoms with Gasteiger partial charge in [-0.25, -0.2) is 0 Å². The molecule has 1 aliphatic heterocycles. The van der Waals surface area contributed by atoms with E-state index in [2.05, 4.69) is 55.7 Å². The summed E-state index contributed by atoms with van der Waals surface area (Å²) >= 11 is 0. The lowest BCUT2D eigenvalue weighted by Gasteiger charge is -2.24. The Balaban J connectivity index is 0.00000338. The number of nitrogens with zero attached hydrogens (tertiary/aromatic N) is 1. The summed E-state index contributed by atoms with van der Waals surface area (Å²) in [6, 6.07) is 10.5. The van der Waals surface area contributed by atoms with Crippen LogP contribution in [0.4, 0.5) is 0 Å². The molecule has 1 atom stereocenters. The van der Waals surface area contributed by atoms with Crippen LogP contribution in [0.3, 0.4) is 0 Å². The van der Waals surface area contributed by atoms with Crippen molar-refractivity contribution in [2.75, 3.05) is 39.5 Å². The molecule has 0 spiro atoms. The van der Waals surface area contributed by atoms with Crippen molar-refractivity contribution < 1.29 is 9.47 Å². The van der Waals surface area contributed by atoms with Crippen LogP contribution in [-0.4, -0.2) is 51.5 Å². The Hall–Kier alpha value is -0.860. The minimum absolute atomic E-state index is 0. The van der Waals surface area contributed by atoms with Gasteiger partial charge in [-0.05, 0) is 25.3 Å². The van der Waals surface area contributed by atoms with Crippen molar-refractivity contribution in [2.45, 2.75) is 45.1 Å². The average molecular weight is 475 g/mol. The molecule has 0 bridgehead atoms. The van der Waals surface area contributed by atoms with Crippen LogP contribution < -0.4 is 10.6 Å². The van der Waals surface area contributed by atoms with Gasteiger partial charge >= 0.3 is 0 Å². The molecule has 0 saturated carbocycles. The smallest absolute Gasteiger partial charge is 0.191 e. The van der Waals surface area contributed by atoms with Crippen molar-refractivity contribution in [1.29, 1.82) is 0 Å². The van der Waals surface area contributed by atoms with Gasteiger partial charge in [-0.1, -0.05) is 44.2 Å². The Morgan fingerprint density at radius 1 is 1.27 bits per heavy atom. The summed E-state index contributed by atoms with van der Waals surface area (Å²) < 4.78 is 11.2. The Labute approximate surface area is 175 Å². The fraction of sp³-hybridized carbons (Fsp3) is 0.650. The predicted octanol–water partition coefficient (Wildman–Crippen LogP) is 3.33. The predicted molar refractivity (Wildman–Crippen MR) is 119 cm³/mol. The molecule has 148 valence electrons. The lowest BCUT2D eigenvalue weighted by molar-refractivity contribution is 0.0191. The summed E-state index contributed by atoms with van der Waals surface area (Å²) in [5.41, 5.74) is 1.30. The van der Waals surface area contributed by atoms with E-state index in [9.17, 15) is 0 Å². The number of benzene rings is 1. The van der Waals surface area contributed by atoms with Crippen molar-refractivity contribution >= 4 is 29.9 Å². The van der Waals surface area contributed by atoms with Gasteiger partial charge in [-0.15, -0.1) is 24.0 Å². The highest BCUT2D eigenvalue weighted by molar-refractivity contribution is 14.0. The molecule has 2 rings (SSSR count). The molecule has 5 nitrogen and oxygen atoms in total. The summed E-state index contributed by atoms with van der Waals surface area (Å²) in [4.78, 5) is 4.75. The molecule has 0 aromatic heterocycles. The first-order chi connectivity index (χ1) is 12.1. The summed E-state index contributed by atoms with van der Waals surface area (Å²) in [6.45, 7) is 11.1. The Bertz CT molecular complexity index is 517. The second-order valence-corrected chi connectivity index (χ2v) is 7.08. The maximum Gasteiger partial charge on any atom is 0.191 e. The van der Waals surface area contributed by atoms with Gasteiger partial charge in [-0.2, -0.15) is 0 Å². The first-order valence-electron chi connectivity index (χ1n) is 9.39. The van der Waals surface area contributed by atoms with E-state index in [1.807, 2.05) is 6.07 Å². The zero-order valence-electron chi connectivity index (χ0n) is 16.3. The van der Waals surface area contributed by atoms with E-state index in [0.717, 1.165) is 45.0 Å². The molecule has 26 heavy (non-hydrogen) atoms. The molecule has 2 N–H and O–H groups in total. The number of guanidine groups is 1. The Kier molecular flexibility index (Phi) is 11.2. The Morgan fingerprint density at radius 2 is 2.04 bits per heavy atom. The van der Waals surface area contributed by atoms with Crippen LogP contribution in [0.5, 0.6) is 0 Å². The third kappa shape index (κ3) is 8.22. The summed E-state index contributed by atoms with van der Waals surface area (Å²) in [7, 11) is 0. The quantitative estimate of drug-likeness (QED) is 0.249. The minimum Gasteiger partial charge on any atom is -0.377 e. The second-order valence-electron chi connectivity index (χ2n) is 7.08. The van der Waals surface area contributed by atoms with Gasteiger partial charge in [0.25, 0.3) is 0 Å². The van der Waals surface area contributed by atoms with E-state index >= 15 is 0 Å². The van der Waals surface area contributed by atoms with E-state index in [4.69, 9.17) is 14.5 Å². The van der Waals surface area contributed by atoms with Gasteiger partial charge in [0, 0.05) is 25.1 Å². The van der Waals surface area contributed by atoms with Crippen LogP contribution in [0.1, 0.15) is 39.2 Å². The topological polar surface area (TPSA) is 54.9 Å². The molecule has 0 radical (unpaired) electrons. The van der Waals surface area contributed by atoms with E-state index in [0.29, 0.717) is 13.2 Å². The van der Waals surface area contributed by atoms with Crippen molar-refractivity contribution in [3.63, 3.8) is 0 Å². The first-order valence-corrected chi connectivity index (χ1v) is 9.39. The first kappa shape index (κ1) is 23.2. The molecule has 1 heterocycles. The van der Waals surface area contributed by atoms with E-state index < -0.39 is 0 Å². The maximum absolute atomic E-state index is 5.69. The number of hydrogen-bond donors (Lipinski definition) is 2. The summed E-state index contributed by atoms with van der Waals surface area (Å²) in [6.07, 6.45) is 2.56. The van der Waals surface area contributed by atoms with Crippen LogP contribution in [0.25, 0.3) is 0 Å². The minimum atomic E-state index is -0.0000759. The van der Waals surface area contributed by atoms with Crippen molar-refractivity contribution in [1.82, 2.24) is 10.6 Å². The standard InChI is InChI=1S/C20H33N3O2.HI/c1-4-21-19(22-12-14-24-15-18-11-8-13-25-18)23-16-20(2,3)17-9-6-5-7-10-17;/h5-7,9-10,18H,4,8,11-16H2,1-3H3,(H2,21,22,23);1H. The number of aliphatic imine (C=N–C) groups is 1. The summed E-state index contributed by atoms with van der Waals surface area (Å²) in [5, 5.41) is 6.64. The zero-order chi connectivity index (χ0) is 18.0. The monoisotopic (exact) mass is 475 g/mol. The zero-order valence-corrected chi connectivity index (χ0v) is 18.6. The van der Waals surface area contributed by atoms with E-state index in [-0.39, 0.29) is 35.5 Å². The number of halogens is 1. The normalized spacial score (nSPS) is 17.7. The van der Waals surface area contributed by atoms with Crippen molar-refractivity contribution in [3.8, 4) is 0 Å². The largest absolute Gasteiger partial charge is 0.377 e. The molecule has 6 heteroatoms. The highest BCUT2D eigenvalue weighted by atomic mass is 127. The fourth-order valence-electron chi connectivity index (χ4n) is 2.83. The van der Waals surface area contributed by atoms with Crippen LogP contribution in [0.15, 0.2) is 35.3 Å². The lowest BCUT2D eigenvalue weighted by atomic mass is 9.85. The van der Waals surface area contributed by atoms with Gasteiger partial charge in [0.2, 0.25) is 0 Å². The average Bonchev–Trinajstić information content (AvgIpc) is 3.13. The van der Waals surface area contributed by atoms with Gasteiger partial charge in [-0.3, -0.25) is 4.99 Å². The van der Waals surface area contributed by atoms with Crippen LogP contribution in [-0.2, 0) is 14.9 Å². The maximum atomic E-state index is 5.69. The number of ether oxygens (including phenoxy) is 2. The number of hydrogen-bond acceptors (Lipinski definition) is 3. The second kappa shape index (κ2) is 12.5. The van der Waals surface area contributed by atoms with Gasteiger partial charge in [0.15, 0.2) is 5.96 Å². The van der Waals surface area contributed by atoms with Crippen molar-refractivity contribution in [3.05, 3.63) is 35.9 Å². The molecule has 1 unspecified atom stereocenters. The lowest BCUT2D eigenvalue weighted by Crippen LogP contribution is -2.40. The van der Waals surface area contributed by atoms with E-state index in [1.54, 1.807) is 0 Å². The van der Waals surface area contributed by atoms with Gasteiger partial charge in [0.05, 0.1) is 25.9 Å².